The summed E-state index contributed by atoms with van der Waals surface area (Å²) in [5.74, 6) is 0.945. The van der Waals surface area contributed by atoms with Gasteiger partial charge in [-0.25, -0.2) is 0 Å². The maximum Gasteiger partial charge on any atom is 0.191 e. The van der Waals surface area contributed by atoms with Crippen LogP contribution in [0, 0.1) is 0 Å². The van der Waals surface area contributed by atoms with E-state index < -0.39 is 0 Å². The first kappa shape index (κ1) is 24.7. The lowest BCUT2D eigenvalue weighted by molar-refractivity contribution is 0.136. The Morgan fingerprint density at radius 3 is 2.20 bits per heavy atom. The second kappa shape index (κ2) is 13.0. The summed E-state index contributed by atoms with van der Waals surface area (Å²) in [6.07, 6.45) is 3.40. The molecule has 0 saturated carbocycles. The third-order valence-electron chi connectivity index (χ3n) is 5.93. The normalized spacial score (nSPS) is 16.6. The van der Waals surface area contributed by atoms with Crippen LogP contribution in [0.15, 0.2) is 29.3 Å². The summed E-state index contributed by atoms with van der Waals surface area (Å²) >= 11 is 0. The van der Waals surface area contributed by atoms with Crippen molar-refractivity contribution in [2.75, 3.05) is 58.9 Å². The number of guanidine groups is 1. The molecule has 5 heteroatoms. The fourth-order valence-corrected chi connectivity index (χ4v) is 3.81. The number of nitrogens with zero attached hydrogens (tertiary/aromatic N) is 3. The number of rotatable bonds is 10. The number of hydrogen-bond donors (Lipinski definition) is 2. The predicted molar refractivity (Wildman–Crippen MR) is 131 cm³/mol. The zero-order chi connectivity index (χ0) is 21.8. The smallest absolute Gasteiger partial charge is 0.191 e. The van der Waals surface area contributed by atoms with Gasteiger partial charge in [-0.2, -0.15) is 0 Å². The SMILES string of the molecule is CCNC(=NCCCCN1CCN(CC)CC1)NCCc1ccc(C(C)(C)C)cc1. The van der Waals surface area contributed by atoms with Gasteiger partial charge in [0.05, 0.1) is 0 Å². The van der Waals surface area contributed by atoms with Gasteiger partial charge in [-0.05, 0) is 55.8 Å². The number of unbranched alkanes of at least 4 members (excludes halogenated alkanes) is 1. The number of aliphatic imine (C=N–C) groups is 1. The third kappa shape index (κ3) is 9.05. The number of hydrogen-bond acceptors (Lipinski definition) is 3. The van der Waals surface area contributed by atoms with E-state index in [0.29, 0.717) is 0 Å². The number of nitrogens with one attached hydrogen (secondary N) is 2. The first-order valence-corrected chi connectivity index (χ1v) is 12.0. The van der Waals surface area contributed by atoms with Crippen LogP contribution < -0.4 is 10.6 Å². The minimum absolute atomic E-state index is 0.214. The molecule has 0 spiro atoms. The second-order valence-electron chi connectivity index (χ2n) is 9.37. The highest BCUT2D eigenvalue weighted by Crippen LogP contribution is 2.22. The van der Waals surface area contributed by atoms with E-state index in [2.05, 4.69) is 79.3 Å². The average Bonchev–Trinajstić information content (AvgIpc) is 2.73. The molecule has 0 atom stereocenters. The molecule has 2 rings (SSSR count). The van der Waals surface area contributed by atoms with E-state index in [9.17, 15) is 0 Å². The van der Waals surface area contributed by atoms with Gasteiger partial charge in [0.2, 0.25) is 0 Å². The molecular formula is C25H45N5. The number of piperazine rings is 1. The molecule has 0 unspecified atom stereocenters. The van der Waals surface area contributed by atoms with Crippen LogP contribution in [0.25, 0.3) is 0 Å². The molecule has 170 valence electrons. The monoisotopic (exact) mass is 415 g/mol. The molecule has 30 heavy (non-hydrogen) atoms. The van der Waals surface area contributed by atoms with Crippen molar-refractivity contribution < 1.29 is 0 Å². The molecule has 0 aromatic heterocycles. The molecule has 1 fully saturated rings. The van der Waals surface area contributed by atoms with Crippen LogP contribution in [0.5, 0.6) is 0 Å². The van der Waals surface area contributed by atoms with Gasteiger partial charge in [-0.15, -0.1) is 0 Å². The Labute approximate surface area is 185 Å². The Hall–Kier alpha value is -1.59. The molecular weight excluding hydrogens is 370 g/mol. The minimum atomic E-state index is 0.214. The van der Waals surface area contributed by atoms with E-state index in [1.165, 1.54) is 56.8 Å². The molecule has 2 N–H and O–H groups in total. The Bertz CT molecular complexity index is 609. The molecule has 1 aliphatic heterocycles. The lowest BCUT2D eigenvalue weighted by atomic mass is 9.86. The number of benzene rings is 1. The van der Waals surface area contributed by atoms with E-state index in [4.69, 9.17) is 4.99 Å². The molecule has 5 nitrogen and oxygen atoms in total. The van der Waals surface area contributed by atoms with Crippen molar-refractivity contribution in [3.8, 4) is 0 Å². The summed E-state index contributed by atoms with van der Waals surface area (Å²) in [5.41, 5.74) is 2.97. The summed E-state index contributed by atoms with van der Waals surface area (Å²) < 4.78 is 0. The molecule has 0 radical (unpaired) electrons. The molecule has 1 heterocycles. The van der Waals surface area contributed by atoms with E-state index in [1.54, 1.807) is 0 Å². The van der Waals surface area contributed by atoms with Crippen molar-refractivity contribution in [3.05, 3.63) is 35.4 Å². The van der Waals surface area contributed by atoms with E-state index in [0.717, 1.165) is 38.4 Å². The van der Waals surface area contributed by atoms with Crippen LogP contribution in [-0.4, -0.2) is 74.7 Å². The van der Waals surface area contributed by atoms with Gasteiger partial charge in [0.25, 0.3) is 0 Å². The van der Waals surface area contributed by atoms with E-state index in [-0.39, 0.29) is 5.41 Å². The van der Waals surface area contributed by atoms with Crippen LogP contribution >= 0.6 is 0 Å². The first-order valence-electron chi connectivity index (χ1n) is 12.0. The standard InChI is InChI=1S/C25H45N5/c1-6-26-24(27-15-8-9-17-30-20-18-29(7-2)19-21-30)28-16-14-22-10-12-23(13-11-22)25(3,4)5/h10-13H,6-9,14-21H2,1-5H3,(H2,26,27,28). The fourth-order valence-electron chi connectivity index (χ4n) is 3.81. The molecule has 0 amide bonds. The van der Waals surface area contributed by atoms with E-state index in [1.807, 2.05) is 0 Å². The van der Waals surface area contributed by atoms with Crippen molar-refractivity contribution in [2.45, 2.75) is 59.3 Å². The quantitative estimate of drug-likeness (QED) is 0.349. The van der Waals surface area contributed by atoms with Crippen molar-refractivity contribution in [2.24, 2.45) is 4.99 Å². The molecule has 1 aliphatic rings. The highest BCUT2D eigenvalue weighted by atomic mass is 15.3. The van der Waals surface area contributed by atoms with Gasteiger partial charge in [0.15, 0.2) is 5.96 Å². The van der Waals surface area contributed by atoms with Gasteiger partial charge < -0.3 is 20.4 Å². The minimum Gasteiger partial charge on any atom is -0.357 e. The molecule has 1 aromatic carbocycles. The summed E-state index contributed by atoms with van der Waals surface area (Å²) in [6, 6.07) is 9.03. The van der Waals surface area contributed by atoms with Crippen LogP contribution in [0.2, 0.25) is 0 Å². The van der Waals surface area contributed by atoms with Gasteiger partial charge in [-0.1, -0.05) is 52.0 Å². The lowest BCUT2D eigenvalue weighted by Gasteiger charge is -2.33. The predicted octanol–water partition coefficient (Wildman–Crippen LogP) is 3.50. The summed E-state index contributed by atoms with van der Waals surface area (Å²) in [4.78, 5) is 9.90. The number of likely N-dealkylation sites (N-methyl/N-ethyl adjacent to an activating group) is 1. The van der Waals surface area contributed by atoms with Gasteiger partial charge in [-0.3, -0.25) is 4.99 Å². The highest BCUT2D eigenvalue weighted by Gasteiger charge is 2.14. The first-order chi connectivity index (χ1) is 14.4. The van der Waals surface area contributed by atoms with Crippen LogP contribution in [-0.2, 0) is 11.8 Å². The Kier molecular flexibility index (Phi) is 10.7. The average molecular weight is 416 g/mol. The lowest BCUT2D eigenvalue weighted by Crippen LogP contribution is -2.46. The van der Waals surface area contributed by atoms with Gasteiger partial charge in [0, 0.05) is 45.8 Å². The van der Waals surface area contributed by atoms with Crippen molar-refractivity contribution in [1.29, 1.82) is 0 Å². The highest BCUT2D eigenvalue weighted by molar-refractivity contribution is 5.79. The van der Waals surface area contributed by atoms with Crippen LogP contribution in [0.1, 0.15) is 58.6 Å². The summed E-state index contributed by atoms with van der Waals surface area (Å²) in [5, 5.41) is 6.86. The van der Waals surface area contributed by atoms with Crippen LogP contribution in [0.3, 0.4) is 0 Å². The van der Waals surface area contributed by atoms with Gasteiger partial charge in [0.1, 0.15) is 0 Å². The summed E-state index contributed by atoms with van der Waals surface area (Å²) in [7, 11) is 0. The second-order valence-corrected chi connectivity index (χ2v) is 9.37. The molecule has 0 aliphatic carbocycles. The fraction of sp³-hybridized carbons (Fsp3) is 0.720. The van der Waals surface area contributed by atoms with Crippen molar-refractivity contribution >= 4 is 5.96 Å². The summed E-state index contributed by atoms with van der Waals surface area (Å²) in [6.45, 7) is 21.1. The maximum atomic E-state index is 4.77. The van der Waals surface area contributed by atoms with Crippen LogP contribution in [0.4, 0.5) is 0 Å². The third-order valence-corrected chi connectivity index (χ3v) is 5.93. The Balaban J connectivity index is 1.65. The maximum absolute atomic E-state index is 4.77. The van der Waals surface area contributed by atoms with Gasteiger partial charge >= 0.3 is 0 Å². The van der Waals surface area contributed by atoms with Crippen molar-refractivity contribution in [3.63, 3.8) is 0 Å². The topological polar surface area (TPSA) is 42.9 Å². The zero-order valence-electron chi connectivity index (χ0n) is 20.1. The van der Waals surface area contributed by atoms with E-state index >= 15 is 0 Å². The molecule has 1 aromatic rings. The Morgan fingerprint density at radius 1 is 0.933 bits per heavy atom. The largest absolute Gasteiger partial charge is 0.357 e. The Morgan fingerprint density at radius 2 is 1.60 bits per heavy atom. The molecule has 0 bridgehead atoms. The zero-order valence-corrected chi connectivity index (χ0v) is 20.1. The van der Waals surface area contributed by atoms with Crippen molar-refractivity contribution in [1.82, 2.24) is 20.4 Å². The molecule has 1 saturated heterocycles.